The molecule has 0 radical (unpaired) electrons. The van der Waals surface area contributed by atoms with Gasteiger partial charge in [0.1, 0.15) is 18.4 Å². The molecule has 0 heterocycles. The van der Waals surface area contributed by atoms with Gasteiger partial charge in [0.2, 0.25) is 11.8 Å². The van der Waals surface area contributed by atoms with Crippen LogP contribution >= 0.6 is 0 Å². The Labute approximate surface area is 224 Å². The first-order valence-corrected chi connectivity index (χ1v) is 13.9. The number of sulfonamides is 1. The number of nitrogens with zero attached hydrogens (tertiary/aromatic N) is 2. The minimum absolute atomic E-state index is 0.0363. The molecule has 0 unspecified atom stereocenters. The predicted octanol–water partition coefficient (Wildman–Crippen LogP) is 4.50. The van der Waals surface area contributed by atoms with Crippen molar-refractivity contribution in [3.63, 3.8) is 0 Å². The molecule has 202 valence electrons. The van der Waals surface area contributed by atoms with Crippen LogP contribution in [0.25, 0.3) is 0 Å². The molecule has 9 heteroatoms. The monoisotopic (exact) mass is 539 g/mol. The molecule has 3 aromatic rings. The van der Waals surface area contributed by atoms with Gasteiger partial charge in [-0.05, 0) is 70.0 Å². The Morgan fingerprint density at radius 1 is 0.947 bits per heavy atom. The van der Waals surface area contributed by atoms with Gasteiger partial charge in [-0.25, -0.2) is 12.8 Å². The van der Waals surface area contributed by atoms with Crippen molar-refractivity contribution in [1.82, 2.24) is 10.2 Å². The molecule has 0 fully saturated rings. The summed E-state index contributed by atoms with van der Waals surface area (Å²) < 4.78 is 43.4. The van der Waals surface area contributed by atoms with Crippen LogP contribution in [0.5, 0.6) is 0 Å². The second-order valence-electron chi connectivity index (χ2n) is 9.23. The first-order valence-electron chi connectivity index (χ1n) is 12.4. The van der Waals surface area contributed by atoms with E-state index in [9.17, 15) is 22.4 Å². The molecule has 0 aliphatic rings. The maximum Gasteiger partial charge on any atom is 0.264 e. The SMILES string of the molecule is CCNC(=O)[C@@H](C)N(Cc1ccccc1F)C(=O)CN(c1cccc(C)c1C)S(=O)(=O)c1ccc(C)cc1. The number of amides is 2. The summed E-state index contributed by atoms with van der Waals surface area (Å²) >= 11 is 0. The summed E-state index contributed by atoms with van der Waals surface area (Å²) in [6.07, 6.45) is 0. The van der Waals surface area contributed by atoms with E-state index in [1.807, 2.05) is 19.9 Å². The smallest absolute Gasteiger partial charge is 0.264 e. The van der Waals surface area contributed by atoms with E-state index in [0.29, 0.717) is 17.8 Å². The van der Waals surface area contributed by atoms with Gasteiger partial charge in [0, 0.05) is 18.7 Å². The lowest BCUT2D eigenvalue weighted by atomic mass is 10.1. The Morgan fingerprint density at radius 3 is 2.24 bits per heavy atom. The third kappa shape index (κ3) is 6.39. The molecule has 1 N–H and O–H groups in total. The number of benzene rings is 3. The average molecular weight is 540 g/mol. The number of rotatable bonds is 10. The van der Waals surface area contributed by atoms with Crippen LogP contribution in [0.1, 0.15) is 36.1 Å². The molecule has 0 aliphatic carbocycles. The summed E-state index contributed by atoms with van der Waals surface area (Å²) in [5.41, 5.74) is 3.03. The molecule has 3 rings (SSSR count). The fraction of sp³-hybridized carbons (Fsp3) is 0.310. The molecule has 1 atom stereocenters. The van der Waals surface area contributed by atoms with Crippen LogP contribution in [0.15, 0.2) is 71.6 Å². The molecule has 38 heavy (non-hydrogen) atoms. The highest BCUT2D eigenvalue weighted by molar-refractivity contribution is 7.92. The van der Waals surface area contributed by atoms with Gasteiger partial charge in [0.15, 0.2) is 0 Å². The Bertz CT molecular complexity index is 1410. The maximum absolute atomic E-state index is 14.5. The van der Waals surface area contributed by atoms with E-state index in [1.165, 1.54) is 35.2 Å². The summed E-state index contributed by atoms with van der Waals surface area (Å²) in [4.78, 5) is 27.8. The quantitative estimate of drug-likeness (QED) is 0.411. The summed E-state index contributed by atoms with van der Waals surface area (Å²) in [5.74, 6) is -1.58. The molecule has 0 saturated carbocycles. The van der Waals surface area contributed by atoms with Gasteiger partial charge < -0.3 is 10.2 Å². The van der Waals surface area contributed by atoms with Crippen molar-refractivity contribution in [2.75, 3.05) is 17.4 Å². The van der Waals surface area contributed by atoms with Crippen molar-refractivity contribution >= 4 is 27.5 Å². The number of anilines is 1. The van der Waals surface area contributed by atoms with E-state index in [-0.39, 0.29) is 17.0 Å². The normalized spacial score (nSPS) is 12.1. The largest absolute Gasteiger partial charge is 0.355 e. The first-order chi connectivity index (χ1) is 18.0. The highest BCUT2D eigenvalue weighted by Gasteiger charge is 2.33. The molecule has 0 bridgehead atoms. The maximum atomic E-state index is 14.5. The summed E-state index contributed by atoms with van der Waals surface area (Å²) in [6, 6.07) is 16.6. The summed E-state index contributed by atoms with van der Waals surface area (Å²) in [6.45, 7) is 8.38. The zero-order valence-electron chi connectivity index (χ0n) is 22.4. The lowest BCUT2D eigenvalue weighted by molar-refractivity contribution is -0.139. The van der Waals surface area contributed by atoms with E-state index in [4.69, 9.17) is 0 Å². The minimum atomic E-state index is -4.16. The van der Waals surface area contributed by atoms with E-state index in [0.717, 1.165) is 15.4 Å². The van der Waals surface area contributed by atoms with Gasteiger partial charge >= 0.3 is 0 Å². The van der Waals surface area contributed by atoms with Gasteiger partial charge in [0.25, 0.3) is 10.0 Å². The van der Waals surface area contributed by atoms with E-state index in [2.05, 4.69) is 5.32 Å². The standard InChI is InChI=1S/C29H34FN3O4S/c1-6-31-29(35)23(5)32(18-24-11-7-8-12-26(24)30)28(34)19-33(27-13-9-10-21(3)22(27)4)38(36,37)25-16-14-20(2)15-17-25/h7-17,23H,6,18-19H2,1-5H3,(H,31,35)/t23-/m1/s1. The third-order valence-corrected chi connectivity index (χ3v) is 8.32. The highest BCUT2D eigenvalue weighted by atomic mass is 32.2. The lowest BCUT2D eigenvalue weighted by Crippen LogP contribution is -2.51. The Morgan fingerprint density at radius 2 is 1.61 bits per heavy atom. The van der Waals surface area contributed by atoms with Crippen LogP contribution in [0.3, 0.4) is 0 Å². The van der Waals surface area contributed by atoms with Gasteiger partial charge in [-0.3, -0.25) is 13.9 Å². The summed E-state index contributed by atoms with van der Waals surface area (Å²) in [7, 11) is -4.16. The average Bonchev–Trinajstić information content (AvgIpc) is 2.88. The number of carbonyl (C=O) groups excluding carboxylic acids is 2. The van der Waals surface area contributed by atoms with Gasteiger partial charge in [-0.15, -0.1) is 0 Å². The molecule has 2 amide bonds. The highest BCUT2D eigenvalue weighted by Crippen LogP contribution is 2.29. The fourth-order valence-electron chi connectivity index (χ4n) is 4.07. The molecule has 0 aromatic heterocycles. The zero-order chi connectivity index (χ0) is 28.0. The molecule has 0 aliphatic heterocycles. The van der Waals surface area contributed by atoms with Gasteiger partial charge in [0.05, 0.1) is 10.6 Å². The van der Waals surface area contributed by atoms with Crippen molar-refractivity contribution < 1.29 is 22.4 Å². The Kier molecular flexibility index (Phi) is 9.27. The van der Waals surface area contributed by atoms with Crippen LogP contribution in [0.2, 0.25) is 0 Å². The predicted molar refractivity (Wildman–Crippen MR) is 147 cm³/mol. The van der Waals surface area contributed by atoms with Gasteiger partial charge in [-0.2, -0.15) is 0 Å². The lowest BCUT2D eigenvalue weighted by Gasteiger charge is -2.32. The topological polar surface area (TPSA) is 86.8 Å². The molecule has 3 aromatic carbocycles. The Hall–Kier alpha value is -3.72. The minimum Gasteiger partial charge on any atom is -0.355 e. The van der Waals surface area contributed by atoms with Crippen molar-refractivity contribution in [3.05, 3.63) is 94.8 Å². The number of hydrogen-bond donors (Lipinski definition) is 1. The molecular weight excluding hydrogens is 505 g/mol. The van der Waals surface area contributed by atoms with Gasteiger partial charge in [-0.1, -0.05) is 48.0 Å². The molecule has 0 saturated heterocycles. The summed E-state index contributed by atoms with van der Waals surface area (Å²) in [5, 5.41) is 2.69. The van der Waals surface area contributed by atoms with Crippen LogP contribution < -0.4 is 9.62 Å². The fourth-order valence-corrected chi connectivity index (χ4v) is 5.54. The zero-order valence-corrected chi connectivity index (χ0v) is 23.2. The second kappa shape index (κ2) is 12.2. The first kappa shape index (κ1) is 28.8. The van der Waals surface area contributed by atoms with E-state index < -0.39 is 40.2 Å². The van der Waals surface area contributed by atoms with Crippen LogP contribution in [0, 0.1) is 26.6 Å². The number of likely N-dealkylation sites (N-methyl/N-ethyl adjacent to an activating group) is 1. The number of carbonyl (C=O) groups is 2. The van der Waals surface area contributed by atoms with Crippen LogP contribution in [-0.2, 0) is 26.2 Å². The number of aryl methyl sites for hydroxylation is 2. The molecule has 0 spiro atoms. The van der Waals surface area contributed by atoms with Crippen molar-refractivity contribution in [1.29, 1.82) is 0 Å². The number of halogens is 1. The number of nitrogens with one attached hydrogen (secondary N) is 1. The number of hydrogen-bond acceptors (Lipinski definition) is 4. The third-order valence-electron chi connectivity index (χ3n) is 6.55. The van der Waals surface area contributed by atoms with Crippen molar-refractivity contribution in [3.8, 4) is 0 Å². The van der Waals surface area contributed by atoms with Crippen molar-refractivity contribution in [2.24, 2.45) is 0 Å². The second-order valence-corrected chi connectivity index (χ2v) is 11.1. The Balaban J connectivity index is 2.09. The molecule has 7 nitrogen and oxygen atoms in total. The van der Waals surface area contributed by atoms with Crippen LogP contribution in [-0.4, -0.2) is 44.3 Å². The van der Waals surface area contributed by atoms with Crippen molar-refractivity contribution in [2.45, 2.75) is 52.1 Å². The van der Waals surface area contributed by atoms with E-state index >= 15 is 0 Å². The van der Waals surface area contributed by atoms with Crippen LogP contribution in [0.4, 0.5) is 10.1 Å². The molecular formula is C29H34FN3O4S. The van der Waals surface area contributed by atoms with E-state index in [1.54, 1.807) is 51.1 Å².